The van der Waals surface area contributed by atoms with Gasteiger partial charge in [-0.15, -0.1) is 0 Å². The molecule has 0 atom stereocenters. The monoisotopic (exact) mass is 209 g/mol. The van der Waals surface area contributed by atoms with Crippen LogP contribution in [-0.4, -0.2) is 11.5 Å². The molecule has 0 N–H and O–H groups in total. The topological polar surface area (TPSA) is 52.4 Å². The van der Waals surface area contributed by atoms with E-state index in [1.54, 1.807) is 12.1 Å². The van der Waals surface area contributed by atoms with E-state index in [4.69, 9.17) is 4.74 Å². The second-order valence-electron chi connectivity index (χ2n) is 3.33. The first-order chi connectivity index (χ1) is 7.24. The average molecular weight is 209 g/mol. The van der Waals surface area contributed by atoms with Crippen LogP contribution in [0.2, 0.25) is 0 Å². The molecular formula is C11H15NO3. The highest BCUT2D eigenvalue weighted by Gasteiger charge is 2.03. The lowest BCUT2D eigenvalue weighted by Gasteiger charge is -2.02. The van der Waals surface area contributed by atoms with Crippen molar-refractivity contribution in [3.05, 3.63) is 39.9 Å². The fourth-order valence-electron chi connectivity index (χ4n) is 1.15. The van der Waals surface area contributed by atoms with E-state index >= 15 is 0 Å². The van der Waals surface area contributed by atoms with Gasteiger partial charge in [0, 0.05) is 18.7 Å². The van der Waals surface area contributed by atoms with Crippen LogP contribution in [0.4, 0.5) is 5.69 Å². The summed E-state index contributed by atoms with van der Waals surface area (Å²) in [7, 11) is 0. The van der Waals surface area contributed by atoms with Crippen LogP contribution < -0.4 is 0 Å². The first-order valence-electron chi connectivity index (χ1n) is 5.05. The van der Waals surface area contributed by atoms with Crippen molar-refractivity contribution in [3.8, 4) is 0 Å². The third kappa shape index (κ3) is 4.08. The lowest BCUT2D eigenvalue weighted by molar-refractivity contribution is -0.384. The Morgan fingerprint density at radius 2 is 2.00 bits per heavy atom. The molecule has 0 spiro atoms. The zero-order valence-corrected chi connectivity index (χ0v) is 8.81. The Labute approximate surface area is 89.0 Å². The highest BCUT2D eigenvalue weighted by atomic mass is 16.6. The van der Waals surface area contributed by atoms with Crippen LogP contribution in [0, 0.1) is 10.1 Å². The highest BCUT2D eigenvalue weighted by molar-refractivity contribution is 5.32. The van der Waals surface area contributed by atoms with Gasteiger partial charge in [-0.25, -0.2) is 0 Å². The normalized spacial score (nSPS) is 10.2. The number of benzene rings is 1. The molecule has 82 valence electrons. The summed E-state index contributed by atoms with van der Waals surface area (Å²) >= 11 is 0. The molecule has 0 aromatic heterocycles. The Bertz CT molecular complexity index is 308. The predicted molar refractivity (Wildman–Crippen MR) is 57.7 cm³/mol. The number of hydrogen-bond donors (Lipinski definition) is 0. The molecule has 1 rings (SSSR count). The molecule has 0 aliphatic rings. The number of unbranched alkanes of at least 4 members (excludes halogenated alkanes) is 1. The van der Waals surface area contributed by atoms with E-state index in [-0.39, 0.29) is 5.69 Å². The molecule has 0 amide bonds. The summed E-state index contributed by atoms with van der Waals surface area (Å²) in [5.41, 5.74) is 1.09. The second kappa shape index (κ2) is 6.14. The molecule has 0 saturated carbocycles. The molecule has 1 aromatic rings. The molecule has 0 heterocycles. The molecule has 0 fully saturated rings. The number of ether oxygens (including phenoxy) is 1. The first-order valence-corrected chi connectivity index (χ1v) is 5.05. The summed E-state index contributed by atoms with van der Waals surface area (Å²) in [6.07, 6.45) is 2.16. The number of hydrogen-bond acceptors (Lipinski definition) is 3. The van der Waals surface area contributed by atoms with Gasteiger partial charge >= 0.3 is 0 Å². The van der Waals surface area contributed by atoms with Crippen LogP contribution in [-0.2, 0) is 11.3 Å². The standard InChI is InChI=1S/C11H15NO3/c1-2-3-8-15-9-10-4-6-11(7-5-10)12(13)14/h4-7H,2-3,8-9H2,1H3. The predicted octanol–water partition coefficient (Wildman–Crippen LogP) is 2.91. The lowest BCUT2D eigenvalue weighted by atomic mass is 10.2. The summed E-state index contributed by atoms with van der Waals surface area (Å²) in [5, 5.41) is 10.4. The largest absolute Gasteiger partial charge is 0.377 e. The van der Waals surface area contributed by atoms with Gasteiger partial charge < -0.3 is 4.74 Å². The zero-order chi connectivity index (χ0) is 11.1. The smallest absolute Gasteiger partial charge is 0.269 e. The Morgan fingerprint density at radius 3 is 2.53 bits per heavy atom. The van der Waals surface area contributed by atoms with E-state index < -0.39 is 4.92 Å². The van der Waals surface area contributed by atoms with E-state index in [0.717, 1.165) is 25.0 Å². The van der Waals surface area contributed by atoms with Crippen LogP contribution >= 0.6 is 0 Å². The van der Waals surface area contributed by atoms with Crippen molar-refractivity contribution in [2.45, 2.75) is 26.4 Å². The van der Waals surface area contributed by atoms with E-state index in [1.807, 2.05) is 0 Å². The number of nitro benzene ring substituents is 1. The van der Waals surface area contributed by atoms with Crippen molar-refractivity contribution < 1.29 is 9.66 Å². The SMILES string of the molecule is CCCCOCc1ccc([N+](=O)[O-])cc1. The maximum atomic E-state index is 10.4. The van der Waals surface area contributed by atoms with Gasteiger partial charge in [0.25, 0.3) is 5.69 Å². The summed E-state index contributed by atoms with van der Waals surface area (Å²) < 4.78 is 5.39. The van der Waals surface area contributed by atoms with Gasteiger partial charge in [0.1, 0.15) is 0 Å². The van der Waals surface area contributed by atoms with Crippen LogP contribution in [0.5, 0.6) is 0 Å². The Balaban J connectivity index is 2.39. The van der Waals surface area contributed by atoms with Gasteiger partial charge in [-0.2, -0.15) is 0 Å². The van der Waals surface area contributed by atoms with Crippen LogP contribution in [0.15, 0.2) is 24.3 Å². The van der Waals surface area contributed by atoms with Gasteiger partial charge in [-0.05, 0) is 24.1 Å². The van der Waals surface area contributed by atoms with E-state index in [0.29, 0.717) is 6.61 Å². The third-order valence-corrected chi connectivity index (χ3v) is 2.06. The zero-order valence-electron chi connectivity index (χ0n) is 8.81. The first kappa shape index (κ1) is 11.7. The minimum Gasteiger partial charge on any atom is -0.377 e. The minimum absolute atomic E-state index is 0.118. The third-order valence-electron chi connectivity index (χ3n) is 2.06. The van der Waals surface area contributed by atoms with Gasteiger partial charge in [0.15, 0.2) is 0 Å². The van der Waals surface area contributed by atoms with Crippen molar-refractivity contribution in [1.29, 1.82) is 0 Å². The van der Waals surface area contributed by atoms with Crippen LogP contribution in [0.1, 0.15) is 25.3 Å². The van der Waals surface area contributed by atoms with E-state index in [2.05, 4.69) is 6.92 Å². The maximum Gasteiger partial charge on any atom is 0.269 e. The molecule has 0 bridgehead atoms. The fourth-order valence-corrected chi connectivity index (χ4v) is 1.15. The molecule has 15 heavy (non-hydrogen) atoms. The van der Waals surface area contributed by atoms with Gasteiger partial charge in [0.05, 0.1) is 11.5 Å². The number of nitro groups is 1. The Hall–Kier alpha value is -1.42. The number of non-ortho nitro benzene ring substituents is 1. The van der Waals surface area contributed by atoms with Crippen molar-refractivity contribution in [2.75, 3.05) is 6.61 Å². The molecule has 0 radical (unpaired) electrons. The summed E-state index contributed by atoms with van der Waals surface area (Å²) in [5.74, 6) is 0. The molecular weight excluding hydrogens is 194 g/mol. The van der Waals surface area contributed by atoms with Crippen molar-refractivity contribution >= 4 is 5.69 Å². The van der Waals surface area contributed by atoms with Gasteiger partial charge in [0.2, 0.25) is 0 Å². The highest BCUT2D eigenvalue weighted by Crippen LogP contribution is 2.12. The van der Waals surface area contributed by atoms with E-state index in [1.165, 1.54) is 12.1 Å². The van der Waals surface area contributed by atoms with Crippen LogP contribution in [0.3, 0.4) is 0 Å². The molecule has 0 saturated heterocycles. The average Bonchev–Trinajstić information content (AvgIpc) is 2.25. The van der Waals surface area contributed by atoms with Gasteiger partial charge in [-0.3, -0.25) is 10.1 Å². The molecule has 4 heteroatoms. The van der Waals surface area contributed by atoms with Crippen molar-refractivity contribution in [3.63, 3.8) is 0 Å². The second-order valence-corrected chi connectivity index (χ2v) is 3.33. The number of rotatable bonds is 6. The van der Waals surface area contributed by atoms with Crippen molar-refractivity contribution in [1.82, 2.24) is 0 Å². The molecule has 0 aliphatic heterocycles. The minimum atomic E-state index is -0.401. The summed E-state index contributed by atoms with van der Waals surface area (Å²) in [6, 6.07) is 6.45. The van der Waals surface area contributed by atoms with Gasteiger partial charge in [-0.1, -0.05) is 13.3 Å². The van der Waals surface area contributed by atoms with Crippen LogP contribution in [0.25, 0.3) is 0 Å². The number of nitrogens with zero attached hydrogens (tertiary/aromatic N) is 1. The molecule has 1 aromatic carbocycles. The molecule has 0 aliphatic carbocycles. The maximum absolute atomic E-state index is 10.4. The molecule has 0 unspecified atom stereocenters. The lowest BCUT2D eigenvalue weighted by Crippen LogP contribution is -1.95. The van der Waals surface area contributed by atoms with E-state index in [9.17, 15) is 10.1 Å². The fraction of sp³-hybridized carbons (Fsp3) is 0.455. The van der Waals surface area contributed by atoms with Crippen molar-refractivity contribution in [2.24, 2.45) is 0 Å². The Kier molecular flexibility index (Phi) is 4.77. The Morgan fingerprint density at radius 1 is 1.33 bits per heavy atom. The molecule has 4 nitrogen and oxygen atoms in total. The summed E-state index contributed by atoms with van der Waals surface area (Å²) in [6.45, 7) is 3.38. The quantitative estimate of drug-likeness (QED) is 0.411. The summed E-state index contributed by atoms with van der Waals surface area (Å²) in [4.78, 5) is 9.98.